The summed E-state index contributed by atoms with van der Waals surface area (Å²) in [5.41, 5.74) is 2.39. The number of halogens is 1. The highest BCUT2D eigenvalue weighted by Gasteiger charge is 2.23. The summed E-state index contributed by atoms with van der Waals surface area (Å²) in [4.78, 5) is 33.6. The largest absolute Gasteiger partial charge is 0.478 e. The fourth-order valence-electron chi connectivity index (χ4n) is 4.46. The minimum atomic E-state index is -1.03. The van der Waals surface area contributed by atoms with Gasteiger partial charge in [-0.25, -0.2) is 23.9 Å². The number of anilines is 1. The van der Waals surface area contributed by atoms with Crippen LogP contribution in [0.25, 0.3) is 11.3 Å². The summed E-state index contributed by atoms with van der Waals surface area (Å²) < 4.78 is 24.6. The zero-order valence-electron chi connectivity index (χ0n) is 24.7. The van der Waals surface area contributed by atoms with Crippen molar-refractivity contribution in [1.29, 1.82) is 0 Å². The van der Waals surface area contributed by atoms with Crippen molar-refractivity contribution in [3.8, 4) is 11.3 Å². The van der Waals surface area contributed by atoms with Gasteiger partial charge in [-0.05, 0) is 101 Å². The van der Waals surface area contributed by atoms with Gasteiger partial charge in [0, 0.05) is 16.5 Å². The zero-order valence-corrected chi connectivity index (χ0v) is 25.5. The molecule has 0 bridgehead atoms. The van der Waals surface area contributed by atoms with Crippen LogP contribution in [0, 0.1) is 25.6 Å². The normalized spacial score (nSPS) is 12.2. The number of amides is 1. The Bertz CT molecular complexity index is 1370. The maximum atomic E-state index is 16.1. The van der Waals surface area contributed by atoms with E-state index in [9.17, 15) is 14.7 Å². The van der Waals surface area contributed by atoms with Gasteiger partial charge in [-0.1, -0.05) is 38.1 Å². The number of aromatic nitrogens is 2. The summed E-state index contributed by atoms with van der Waals surface area (Å²) in [6.45, 7) is 13.4. The van der Waals surface area contributed by atoms with Crippen LogP contribution in [0.15, 0.2) is 47.4 Å². The third kappa shape index (κ3) is 9.45. The average Bonchev–Trinajstić information content (AvgIpc) is 2.86. The Morgan fingerprint density at radius 1 is 1.07 bits per heavy atom. The highest BCUT2D eigenvalue weighted by molar-refractivity contribution is 8.00. The third-order valence-electron chi connectivity index (χ3n) is 6.19. The number of alkyl carbamates (subject to hydrolysis) is 1. The van der Waals surface area contributed by atoms with Gasteiger partial charge < -0.3 is 15.2 Å². The van der Waals surface area contributed by atoms with E-state index >= 15 is 4.39 Å². The standard InChI is InChI=1S/C31H39FN4O4S/c1-18(2)16-22(33-30(39)40-31(5,6)7)14-15-24-26(32)27(25-19(3)10-8-11-20(25)4)35-29(34-24)36-41-23-13-9-12-21(17-23)28(37)38/h8-13,17-18,22H,14-16H2,1-7H3,(H,33,39)(H,37,38)(H,34,35,36). The molecule has 1 amide bonds. The van der Waals surface area contributed by atoms with Crippen molar-refractivity contribution in [2.24, 2.45) is 5.92 Å². The van der Waals surface area contributed by atoms with Gasteiger partial charge in [-0.3, -0.25) is 4.72 Å². The van der Waals surface area contributed by atoms with E-state index in [0.29, 0.717) is 29.2 Å². The highest BCUT2D eigenvalue weighted by Crippen LogP contribution is 2.31. The van der Waals surface area contributed by atoms with E-state index in [1.54, 1.807) is 32.9 Å². The molecule has 0 aliphatic heterocycles. The molecule has 0 spiro atoms. The molecule has 220 valence electrons. The lowest BCUT2D eigenvalue weighted by molar-refractivity contribution is 0.0495. The highest BCUT2D eigenvalue weighted by atomic mass is 32.2. The second kappa shape index (κ2) is 13.8. The van der Waals surface area contributed by atoms with Crippen molar-refractivity contribution in [1.82, 2.24) is 15.3 Å². The Hall–Kier alpha value is -3.66. The number of carbonyl (C=O) groups is 2. The second-order valence-electron chi connectivity index (χ2n) is 11.5. The maximum absolute atomic E-state index is 16.1. The minimum Gasteiger partial charge on any atom is -0.478 e. The number of hydrogen-bond acceptors (Lipinski definition) is 7. The third-order valence-corrected chi connectivity index (χ3v) is 6.96. The fourth-order valence-corrected chi connectivity index (χ4v) is 5.09. The van der Waals surface area contributed by atoms with E-state index in [0.717, 1.165) is 23.1 Å². The van der Waals surface area contributed by atoms with Gasteiger partial charge in [0.15, 0.2) is 5.82 Å². The second-order valence-corrected chi connectivity index (χ2v) is 12.4. The first-order valence-corrected chi connectivity index (χ1v) is 14.4. The van der Waals surface area contributed by atoms with Crippen LogP contribution in [0.3, 0.4) is 0 Å². The summed E-state index contributed by atoms with van der Waals surface area (Å²) in [7, 11) is 0. The van der Waals surface area contributed by atoms with Gasteiger partial charge >= 0.3 is 12.1 Å². The van der Waals surface area contributed by atoms with Crippen LogP contribution >= 0.6 is 11.9 Å². The Morgan fingerprint density at radius 2 is 1.73 bits per heavy atom. The molecular formula is C31H39FN4O4S. The van der Waals surface area contributed by atoms with Gasteiger partial charge in [0.1, 0.15) is 11.3 Å². The Morgan fingerprint density at radius 3 is 2.34 bits per heavy atom. The SMILES string of the molecule is Cc1cccc(C)c1-c1nc(NSc2cccc(C(=O)O)c2)nc(CCC(CC(C)C)NC(=O)OC(C)(C)C)c1F. The minimum absolute atomic E-state index is 0.155. The molecular weight excluding hydrogens is 543 g/mol. The van der Waals surface area contributed by atoms with E-state index in [1.807, 2.05) is 32.0 Å². The summed E-state index contributed by atoms with van der Waals surface area (Å²) in [6.07, 6.45) is 0.888. The molecule has 0 saturated carbocycles. The van der Waals surface area contributed by atoms with E-state index < -0.39 is 23.5 Å². The predicted molar refractivity (Wildman–Crippen MR) is 161 cm³/mol. The topological polar surface area (TPSA) is 113 Å². The lowest BCUT2D eigenvalue weighted by Gasteiger charge is -2.25. The molecule has 0 fully saturated rings. The Labute approximate surface area is 245 Å². The summed E-state index contributed by atoms with van der Waals surface area (Å²) in [6, 6.07) is 12.0. The number of rotatable bonds is 11. The molecule has 1 aromatic heterocycles. The molecule has 8 nitrogen and oxygen atoms in total. The van der Waals surface area contributed by atoms with Gasteiger partial charge in [0.2, 0.25) is 5.95 Å². The molecule has 10 heteroatoms. The van der Waals surface area contributed by atoms with E-state index in [1.165, 1.54) is 12.1 Å². The number of aryl methyl sites for hydroxylation is 3. The monoisotopic (exact) mass is 582 g/mol. The molecule has 0 saturated heterocycles. The van der Waals surface area contributed by atoms with Crippen LogP contribution in [-0.4, -0.2) is 38.8 Å². The molecule has 1 unspecified atom stereocenters. The Balaban J connectivity index is 1.93. The van der Waals surface area contributed by atoms with Gasteiger partial charge in [0.05, 0.1) is 11.3 Å². The van der Waals surface area contributed by atoms with Crippen molar-refractivity contribution in [2.75, 3.05) is 4.72 Å². The summed E-state index contributed by atoms with van der Waals surface area (Å²) in [5.74, 6) is -1.04. The van der Waals surface area contributed by atoms with Crippen molar-refractivity contribution in [3.63, 3.8) is 0 Å². The zero-order chi connectivity index (χ0) is 30.3. The maximum Gasteiger partial charge on any atom is 0.407 e. The molecule has 2 aromatic carbocycles. The number of hydrogen-bond donors (Lipinski definition) is 3. The predicted octanol–water partition coefficient (Wildman–Crippen LogP) is 7.59. The van der Waals surface area contributed by atoms with E-state index in [4.69, 9.17) is 4.74 Å². The van der Waals surface area contributed by atoms with Crippen LogP contribution in [0.4, 0.5) is 15.1 Å². The average molecular weight is 583 g/mol. The molecule has 0 aliphatic rings. The van der Waals surface area contributed by atoms with Crippen LogP contribution in [-0.2, 0) is 11.2 Å². The van der Waals surface area contributed by atoms with Crippen LogP contribution in [0.1, 0.15) is 74.6 Å². The van der Waals surface area contributed by atoms with Gasteiger partial charge in [0.25, 0.3) is 0 Å². The van der Waals surface area contributed by atoms with Crippen LogP contribution < -0.4 is 10.0 Å². The van der Waals surface area contributed by atoms with Crippen LogP contribution in [0.2, 0.25) is 0 Å². The quantitative estimate of drug-likeness (QED) is 0.198. The number of nitrogens with one attached hydrogen (secondary N) is 2. The number of carboxylic acid groups (broad SMARTS) is 1. The molecule has 41 heavy (non-hydrogen) atoms. The van der Waals surface area contributed by atoms with Crippen molar-refractivity contribution < 1.29 is 23.8 Å². The first-order valence-electron chi connectivity index (χ1n) is 13.6. The first-order chi connectivity index (χ1) is 19.2. The number of benzene rings is 2. The van der Waals surface area contributed by atoms with Crippen molar-refractivity contribution in [3.05, 3.63) is 70.7 Å². The van der Waals surface area contributed by atoms with Gasteiger partial charge in [-0.2, -0.15) is 0 Å². The van der Waals surface area contributed by atoms with Crippen LogP contribution in [0.5, 0.6) is 0 Å². The Kier molecular flexibility index (Phi) is 10.7. The molecule has 3 rings (SSSR count). The number of aromatic carboxylic acids is 1. The summed E-state index contributed by atoms with van der Waals surface area (Å²) in [5, 5.41) is 12.3. The number of nitrogens with zero attached hydrogens (tertiary/aromatic N) is 2. The van der Waals surface area contributed by atoms with Gasteiger partial charge in [-0.15, -0.1) is 0 Å². The van der Waals surface area contributed by atoms with Crippen molar-refractivity contribution in [2.45, 2.75) is 84.3 Å². The molecule has 1 heterocycles. The smallest absolute Gasteiger partial charge is 0.407 e. The lowest BCUT2D eigenvalue weighted by Crippen LogP contribution is -2.40. The number of carboxylic acids is 1. The number of carbonyl (C=O) groups excluding carboxylic acids is 1. The molecule has 0 aliphatic carbocycles. The molecule has 3 aromatic rings. The van der Waals surface area contributed by atoms with E-state index in [-0.39, 0.29) is 35.4 Å². The first kappa shape index (κ1) is 31.9. The summed E-state index contributed by atoms with van der Waals surface area (Å²) >= 11 is 1.14. The molecule has 3 N–H and O–H groups in total. The fraction of sp³-hybridized carbons (Fsp3) is 0.419. The number of ether oxygens (including phenoxy) is 1. The lowest BCUT2D eigenvalue weighted by atomic mass is 9.96. The molecule has 0 radical (unpaired) electrons. The van der Waals surface area contributed by atoms with Crippen molar-refractivity contribution >= 4 is 30.0 Å². The molecule has 1 atom stereocenters. The van der Waals surface area contributed by atoms with E-state index in [2.05, 4.69) is 33.9 Å².